The molecule has 56 heavy (non-hydrogen) atoms. The van der Waals surface area contributed by atoms with Crippen molar-refractivity contribution in [1.82, 2.24) is 0 Å². The number of hydrogen-bond donors (Lipinski definition) is 1. The van der Waals surface area contributed by atoms with Gasteiger partial charge in [0.15, 0.2) is 0 Å². The summed E-state index contributed by atoms with van der Waals surface area (Å²) in [6.45, 7) is 10.5. The fraction of sp³-hybridized carbons (Fsp3) is 0.915. The van der Waals surface area contributed by atoms with Gasteiger partial charge in [-0.3, -0.25) is 19.2 Å². The van der Waals surface area contributed by atoms with Gasteiger partial charge in [0, 0.05) is 20.3 Å². The van der Waals surface area contributed by atoms with E-state index in [1.54, 1.807) is 90.9 Å². The molecule has 9 heteroatoms. The Morgan fingerprint density at radius 3 is 1.20 bits per heavy atom. The maximum Gasteiger partial charge on any atom is 0.311 e. The SMILES string of the molecule is C.C.C1CC2CC1C1C3CCC(C3)C21.C1CC2CC1C1C3CCC(C3)C21.CC(=O)O.CC(=O)OC1CCCCO1.CCC(C)(CC(C)(C)C(=O)OC)C(=O)OC. The van der Waals surface area contributed by atoms with Crippen molar-refractivity contribution < 1.29 is 43.2 Å². The van der Waals surface area contributed by atoms with Crippen LogP contribution in [0.25, 0.3) is 0 Å². The molecule has 0 aromatic rings. The van der Waals surface area contributed by atoms with Crippen LogP contribution in [0, 0.1) is 81.8 Å². The van der Waals surface area contributed by atoms with Crippen molar-refractivity contribution in [1.29, 1.82) is 0 Å². The first-order valence-electron chi connectivity index (χ1n) is 21.8. The first kappa shape index (κ1) is 48.2. The number of aliphatic carboxylic acids is 1. The highest BCUT2D eigenvalue weighted by Crippen LogP contribution is 2.68. The Kier molecular flexibility index (Phi) is 17.8. The van der Waals surface area contributed by atoms with Crippen LogP contribution in [0.3, 0.4) is 0 Å². The molecule has 8 saturated carbocycles. The maximum absolute atomic E-state index is 11.7. The van der Waals surface area contributed by atoms with Crippen molar-refractivity contribution in [3.8, 4) is 0 Å². The van der Waals surface area contributed by atoms with Crippen molar-refractivity contribution in [2.75, 3.05) is 20.8 Å². The van der Waals surface area contributed by atoms with Crippen LogP contribution in [0.4, 0.5) is 0 Å². The number of rotatable bonds is 6. The van der Waals surface area contributed by atoms with Crippen LogP contribution in [0.15, 0.2) is 0 Å². The number of fused-ring (bicyclic) bond motifs is 18. The molecule has 1 aliphatic heterocycles. The molecule has 1 N–H and O–H groups in total. The summed E-state index contributed by atoms with van der Waals surface area (Å²) >= 11 is 0. The van der Waals surface area contributed by atoms with Crippen LogP contribution in [0.5, 0.6) is 0 Å². The Balaban J connectivity index is 0.000000193. The average Bonchev–Trinajstić information content (AvgIpc) is 3.99. The Labute approximate surface area is 340 Å². The Hall–Kier alpha value is -2.16. The predicted octanol–water partition coefficient (Wildman–Crippen LogP) is 10.8. The van der Waals surface area contributed by atoms with E-state index in [1.165, 1.54) is 92.2 Å². The Morgan fingerprint density at radius 1 is 0.607 bits per heavy atom. The maximum atomic E-state index is 11.7. The van der Waals surface area contributed by atoms with Gasteiger partial charge < -0.3 is 24.1 Å². The largest absolute Gasteiger partial charge is 0.481 e. The monoisotopic (exact) mass is 791 g/mol. The fourth-order valence-electron chi connectivity index (χ4n) is 14.0. The number of carboxylic acid groups (broad SMARTS) is 1. The lowest BCUT2D eigenvalue weighted by Gasteiger charge is -2.34. The molecule has 10 unspecified atom stereocenters. The van der Waals surface area contributed by atoms with Crippen LogP contribution in [0.1, 0.15) is 166 Å². The molecule has 9 fully saturated rings. The van der Waals surface area contributed by atoms with E-state index in [-0.39, 0.29) is 39.1 Å². The highest BCUT2D eigenvalue weighted by molar-refractivity contribution is 5.80. The molecule has 0 spiro atoms. The van der Waals surface area contributed by atoms with Crippen molar-refractivity contribution in [2.45, 2.75) is 172 Å². The second kappa shape index (κ2) is 20.7. The molecule has 1 saturated heterocycles. The van der Waals surface area contributed by atoms with Crippen LogP contribution < -0.4 is 0 Å². The number of esters is 3. The molecule has 8 aliphatic carbocycles. The molecule has 9 aliphatic rings. The molecule has 324 valence electrons. The van der Waals surface area contributed by atoms with Gasteiger partial charge in [0.25, 0.3) is 5.97 Å². The summed E-state index contributed by atoms with van der Waals surface area (Å²) in [6, 6.07) is 0. The van der Waals surface area contributed by atoms with Gasteiger partial charge in [-0.05, 0) is 195 Å². The lowest BCUT2D eigenvalue weighted by atomic mass is 9.71. The zero-order valence-corrected chi connectivity index (χ0v) is 34.9. The van der Waals surface area contributed by atoms with Crippen molar-refractivity contribution in [3.05, 3.63) is 0 Å². The minimum Gasteiger partial charge on any atom is -0.481 e. The van der Waals surface area contributed by atoms with Gasteiger partial charge in [0.1, 0.15) is 0 Å². The van der Waals surface area contributed by atoms with Gasteiger partial charge in [0.2, 0.25) is 6.29 Å². The number of methoxy groups -OCH3 is 2. The summed E-state index contributed by atoms with van der Waals surface area (Å²) in [4.78, 5) is 42.7. The molecule has 9 rings (SSSR count). The van der Waals surface area contributed by atoms with Crippen LogP contribution in [0.2, 0.25) is 0 Å². The van der Waals surface area contributed by atoms with Crippen molar-refractivity contribution in [3.63, 3.8) is 0 Å². The minimum absolute atomic E-state index is 0. The average molecular weight is 791 g/mol. The van der Waals surface area contributed by atoms with E-state index in [0.29, 0.717) is 12.8 Å². The van der Waals surface area contributed by atoms with Crippen LogP contribution in [-0.4, -0.2) is 56.1 Å². The smallest absolute Gasteiger partial charge is 0.311 e. The quantitative estimate of drug-likeness (QED) is 0.159. The van der Waals surface area contributed by atoms with Gasteiger partial charge in [-0.2, -0.15) is 0 Å². The highest BCUT2D eigenvalue weighted by atomic mass is 16.7. The van der Waals surface area contributed by atoms with Crippen molar-refractivity contribution in [2.24, 2.45) is 81.8 Å². The number of carboxylic acids is 1. The standard InChI is InChI=1S/C12H22O4.2C12H18.C7H12O3.C2H4O2.2CH4/c1-7-12(4,10(14)16-6)8-11(2,3)9(13)15-5;2*1-2-8-5-7(1)11-9-3-4-10(6-9)12(8)11;1-6(8)10-7-4-2-3-5-9-7;1-2(3)4;;/h7-8H2,1-6H3;2*7-12H,1-6H2;7H,2-5H2,1H3;1H3,(H,3,4);2*1H4. The first-order valence-corrected chi connectivity index (χ1v) is 21.8. The Bertz CT molecular complexity index is 1150. The zero-order chi connectivity index (χ0) is 39.4. The summed E-state index contributed by atoms with van der Waals surface area (Å²) in [5.74, 6) is 12.9. The van der Waals surface area contributed by atoms with Crippen LogP contribution >= 0.6 is 0 Å². The summed E-state index contributed by atoms with van der Waals surface area (Å²) < 4.78 is 19.5. The van der Waals surface area contributed by atoms with Crippen molar-refractivity contribution >= 4 is 23.9 Å². The molecule has 0 radical (unpaired) electrons. The van der Waals surface area contributed by atoms with Gasteiger partial charge in [0.05, 0.1) is 31.7 Å². The van der Waals surface area contributed by atoms with E-state index in [0.717, 1.165) is 32.8 Å². The van der Waals surface area contributed by atoms with Gasteiger partial charge in [-0.1, -0.05) is 21.8 Å². The molecule has 0 aromatic heterocycles. The third-order valence-electron chi connectivity index (χ3n) is 15.8. The molecular weight excluding hydrogens is 709 g/mol. The molecule has 10 atom stereocenters. The third-order valence-corrected chi connectivity index (χ3v) is 15.8. The minimum atomic E-state index is -0.833. The fourth-order valence-corrected chi connectivity index (χ4v) is 14.0. The number of hydrogen-bond acceptors (Lipinski definition) is 8. The first-order chi connectivity index (χ1) is 25.6. The van der Waals surface area contributed by atoms with E-state index in [4.69, 9.17) is 28.8 Å². The third kappa shape index (κ3) is 10.9. The van der Waals surface area contributed by atoms with Gasteiger partial charge in [-0.25, -0.2) is 0 Å². The molecule has 8 bridgehead atoms. The summed E-state index contributed by atoms with van der Waals surface area (Å²) in [5.41, 5.74) is -1.33. The van der Waals surface area contributed by atoms with E-state index >= 15 is 0 Å². The number of carbonyl (C=O) groups is 4. The second-order valence-electron chi connectivity index (χ2n) is 19.5. The Morgan fingerprint density at radius 2 is 0.946 bits per heavy atom. The zero-order valence-electron chi connectivity index (χ0n) is 34.9. The topological polar surface area (TPSA) is 125 Å². The summed E-state index contributed by atoms with van der Waals surface area (Å²) in [6.07, 6.45) is 23.2. The van der Waals surface area contributed by atoms with E-state index < -0.39 is 16.8 Å². The lowest BCUT2D eigenvalue weighted by Crippen LogP contribution is -2.37. The molecule has 9 nitrogen and oxygen atoms in total. The van der Waals surface area contributed by atoms with E-state index in [1.807, 2.05) is 13.8 Å². The second-order valence-corrected chi connectivity index (χ2v) is 19.5. The van der Waals surface area contributed by atoms with Gasteiger partial charge in [-0.15, -0.1) is 0 Å². The van der Waals surface area contributed by atoms with E-state index in [9.17, 15) is 14.4 Å². The molecule has 1 heterocycles. The normalized spacial score (nSPS) is 37.7. The summed E-state index contributed by atoms with van der Waals surface area (Å²) in [7, 11) is 2.72. The predicted molar refractivity (Wildman–Crippen MR) is 220 cm³/mol. The summed E-state index contributed by atoms with van der Waals surface area (Å²) in [5, 5.41) is 7.42. The molecule has 0 amide bonds. The number of ether oxygens (including phenoxy) is 4. The lowest BCUT2D eigenvalue weighted by molar-refractivity contribution is -0.184. The van der Waals surface area contributed by atoms with E-state index in [2.05, 4.69) is 0 Å². The molecular formula is C47H82O9. The van der Waals surface area contributed by atoms with Gasteiger partial charge >= 0.3 is 17.9 Å². The molecule has 0 aromatic carbocycles. The van der Waals surface area contributed by atoms with Crippen LogP contribution in [-0.2, 0) is 38.1 Å². The number of carbonyl (C=O) groups excluding carboxylic acids is 3. The highest BCUT2D eigenvalue weighted by Gasteiger charge is 2.60.